The highest BCUT2D eigenvalue weighted by Gasteiger charge is 2.16. The molecule has 160 valence electrons. The number of benzene rings is 3. The summed E-state index contributed by atoms with van der Waals surface area (Å²) in [7, 11) is 0. The molecule has 0 spiro atoms. The molecule has 0 aliphatic carbocycles. The van der Waals surface area contributed by atoms with Gasteiger partial charge >= 0.3 is 0 Å². The minimum atomic E-state index is -0.501. The molecule has 1 heterocycles. The van der Waals surface area contributed by atoms with Crippen molar-refractivity contribution < 1.29 is 13.6 Å². The van der Waals surface area contributed by atoms with E-state index in [4.69, 9.17) is 11.6 Å². The summed E-state index contributed by atoms with van der Waals surface area (Å²) in [4.78, 5) is 17.1. The molecule has 1 amide bonds. The molecule has 1 aromatic heterocycles. The third-order valence-electron chi connectivity index (χ3n) is 4.36. The molecule has 0 aliphatic heterocycles. The van der Waals surface area contributed by atoms with E-state index in [1.807, 2.05) is 30.3 Å². The molecule has 0 atom stereocenters. The van der Waals surface area contributed by atoms with Crippen molar-refractivity contribution in [3.05, 3.63) is 101 Å². The fourth-order valence-corrected chi connectivity index (χ4v) is 3.85. The summed E-state index contributed by atoms with van der Waals surface area (Å²) in [5, 5.41) is 7.92. The SMILES string of the molecule is O=C(Nc1sc(NN=Cc2c(F)cccc2Cl)nc1-c1ccccc1)c1ccc(F)cc1. The van der Waals surface area contributed by atoms with Crippen molar-refractivity contribution in [2.24, 2.45) is 5.10 Å². The van der Waals surface area contributed by atoms with Crippen LogP contribution in [-0.4, -0.2) is 17.1 Å². The van der Waals surface area contributed by atoms with E-state index in [1.165, 1.54) is 42.6 Å². The van der Waals surface area contributed by atoms with Crippen molar-refractivity contribution in [3.8, 4) is 11.3 Å². The number of nitrogens with zero attached hydrogens (tertiary/aromatic N) is 2. The molecule has 0 bridgehead atoms. The van der Waals surface area contributed by atoms with E-state index in [9.17, 15) is 13.6 Å². The van der Waals surface area contributed by atoms with Gasteiger partial charge in [-0.05, 0) is 36.4 Å². The lowest BCUT2D eigenvalue weighted by Crippen LogP contribution is -2.11. The van der Waals surface area contributed by atoms with Crippen molar-refractivity contribution in [2.45, 2.75) is 0 Å². The van der Waals surface area contributed by atoms with Crippen LogP contribution >= 0.6 is 22.9 Å². The summed E-state index contributed by atoms with van der Waals surface area (Å²) in [6, 6.07) is 18.9. The number of rotatable bonds is 6. The number of aromatic nitrogens is 1. The Bertz CT molecular complexity index is 1260. The first-order chi connectivity index (χ1) is 15.5. The zero-order valence-corrected chi connectivity index (χ0v) is 17.9. The Hall–Kier alpha value is -3.62. The standard InChI is InChI=1S/C23H15ClF2N4OS/c24-18-7-4-8-19(26)17(18)13-27-30-23-28-20(14-5-2-1-3-6-14)22(32-23)29-21(31)15-9-11-16(25)12-10-15/h1-13H,(H,28,30)(H,29,31). The summed E-state index contributed by atoms with van der Waals surface area (Å²) < 4.78 is 27.1. The zero-order valence-electron chi connectivity index (χ0n) is 16.4. The summed E-state index contributed by atoms with van der Waals surface area (Å²) in [5.41, 5.74) is 4.52. The van der Waals surface area contributed by atoms with Crippen LogP contribution in [0.4, 0.5) is 18.9 Å². The first-order valence-corrected chi connectivity index (χ1v) is 10.6. The third kappa shape index (κ3) is 4.99. The second-order valence-electron chi connectivity index (χ2n) is 6.53. The largest absolute Gasteiger partial charge is 0.312 e. The number of hydrazone groups is 1. The zero-order chi connectivity index (χ0) is 22.5. The number of thiazole rings is 1. The Morgan fingerprint density at radius 1 is 1.00 bits per heavy atom. The normalized spacial score (nSPS) is 11.0. The Balaban J connectivity index is 1.60. The van der Waals surface area contributed by atoms with Crippen LogP contribution in [0.2, 0.25) is 5.02 Å². The highest BCUT2D eigenvalue weighted by molar-refractivity contribution is 7.20. The van der Waals surface area contributed by atoms with Crippen LogP contribution in [0.15, 0.2) is 77.9 Å². The minimum absolute atomic E-state index is 0.145. The second kappa shape index (κ2) is 9.67. The number of halogens is 3. The lowest BCUT2D eigenvalue weighted by Gasteiger charge is -2.05. The van der Waals surface area contributed by atoms with E-state index in [-0.39, 0.29) is 10.6 Å². The average Bonchev–Trinajstić information content (AvgIpc) is 3.19. The van der Waals surface area contributed by atoms with Gasteiger partial charge in [-0.15, -0.1) is 0 Å². The maximum atomic E-state index is 13.9. The molecule has 5 nitrogen and oxygen atoms in total. The number of anilines is 2. The van der Waals surface area contributed by atoms with E-state index in [0.29, 0.717) is 21.4 Å². The molecule has 0 saturated heterocycles. The molecule has 0 fully saturated rings. The highest BCUT2D eigenvalue weighted by Crippen LogP contribution is 2.36. The summed E-state index contributed by atoms with van der Waals surface area (Å²) in [6.45, 7) is 0. The molecule has 32 heavy (non-hydrogen) atoms. The van der Waals surface area contributed by atoms with E-state index in [1.54, 1.807) is 6.07 Å². The van der Waals surface area contributed by atoms with E-state index >= 15 is 0 Å². The van der Waals surface area contributed by atoms with E-state index < -0.39 is 17.5 Å². The van der Waals surface area contributed by atoms with Crippen molar-refractivity contribution in [1.29, 1.82) is 0 Å². The van der Waals surface area contributed by atoms with Crippen molar-refractivity contribution in [3.63, 3.8) is 0 Å². The summed E-state index contributed by atoms with van der Waals surface area (Å²) >= 11 is 7.16. The van der Waals surface area contributed by atoms with Gasteiger partial charge in [0.2, 0.25) is 5.13 Å². The fourth-order valence-electron chi connectivity index (χ4n) is 2.81. The molecular formula is C23H15ClF2N4OS. The molecule has 0 saturated carbocycles. The lowest BCUT2D eigenvalue weighted by molar-refractivity contribution is 0.102. The van der Waals surface area contributed by atoms with Gasteiger partial charge in [-0.1, -0.05) is 59.3 Å². The van der Waals surface area contributed by atoms with Crippen LogP contribution in [0.1, 0.15) is 15.9 Å². The van der Waals surface area contributed by atoms with Gasteiger partial charge < -0.3 is 5.32 Å². The number of nitrogens with one attached hydrogen (secondary N) is 2. The van der Waals surface area contributed by atoms with Crippen LogP contribution in [0.5, 0.6) is 0 Å². The molecule has 3 aromatic carbocycles. The monoisotopic (exact) mass is 468 g/mol. The van der Waals surface area contributed by atoms with Gasteiger partial charge in [0.1, 0.15) is 22.3 Å². The number of amides is 1. The first kappa shape index (κ1) is 21.6. The summed E-state index contributed by atoms with van der Waals surface area (Å²) in [5.74, 6) is -1.33. The smallest absolute Gasteiger partial charge is 0.256 e. The molecule has 0 unspecified atom stereocenters. The van der Waals surface area contributed by atoms with Gasteiger partial charge in [-0.3, -0.25) is 10.2 Å². The molecule has 2 N–H and O–H groups in total. The molecule has 9 heteroatoms. The number of hydrogen-bond acceptors (Lipinski definition) is 5. The van der Waals surface area contributed by atoms with E-state index in [2.05, 4.69) is 20.8 Å². The molecule has 4 aromatic rings. The predicted molar refractivity (Wildman–Crippen MR) is 125 cm³/mol. The van der Waals surface area contributed by atoms with Crippen LogP contribution < -0.4 is 10.7 Å². The Morgan fingerprint density at radius 2 is 1.75 bits per heavy atom. The Kier molecular flexibility index (Phi) is 6.53. The van der Waals surface area contributed by atoms with Crippen molar-refractivity contribution in [1.82, 2.24) is 4.98 Å². The third-order valence-corrected chi connectivity index (χ3v) is 5.57. The number of hydrogen-bond donors (Lipinski definition) is 2. The van der Waals surface area contributed by atoms with Crippen molar-refractivity contribution in [2.75, 3.05) is 10.7 Å². The highest BCUT2D eigenvalue weighted by atomic mass is 35.5. The maximum absolute atomic E-state index is 13.9. The Morgan fingerprint density at radius 3 is 2.47 bits per heavy atom. The quantitative estimate of drug-likeness (QED) is 0.253. The fraction of sp³-hybridized carbons (Fsp3) is 0. The van der Waals surface area contributed by atoms with Crippen LogP contribution in [0.25, 0.3) is 11.3 Å². The van der Waals surface area contributed by atoms with Crippen molar-refractivity contribution >= 4 is 45.2 Å². The van der Waals surface area contributed by atoms with Gasteiger partial charge in [0.15, 0.2) is 0 Å². The predicted octanol–water partition coefficient (Wildman–Crippen LogP) is 6.44. The average molecular weight is 469 g/mol. The molecule has 0 radical (unpaired) electrons. The number of carbonyl (C=O) groups excluding carboxylic acids is 1. The second-order valence-corrected chi connectivity index (χ2v) is 7.94. The van der Waals surface area contributed by atoms with Gasteiger partial charge in [0.05, 0.1) is 11.2 Å². The maximum Gasteiger partial charge on any atom is 0.256 e. The lowest BCUT2D eigenvalue weighted by atomic mass is 10.1. The molecular weight excluding hydrogens is 454 g/mol. The van der Waals surface area contributed by atoms with Gasteiger partial charge in [-0.25, -0.2) is 13.8 Å². The topological polar surface area (TPSA) is 66.4 Å². The minimum Gasteiger partial charge on any atom is -0.312 e. The van der Waals surface area contributed by atoms with Crippen LogP contribution in [-0.2, 0) is 0 Å². The first-order valence-electron chi connectivity index (χ1n) is 9.37. The van der Waals surface area contributed by atoms with Gasteiger partial charge in [0, 0.05) is 16.7 Å². The Labute approximate surface area is 191 Å². The summed E-state index contributed by atoms with van der Waals surface area (Å²) in [6.07, 6.45) is 1.26. The molecule has 0 aliphatic rings. The number of carbonyl (C=O) groups is 1. The molecule has 4 rings (SSSR count). The van der Waals surface area contributed by atoms with Gasteiger partial charge in [-0.2, -0.15) is 5.10 Å². The van der Waals surface area contributed by atoms with Crippen LogP contribution in [0.3, 0.4) is 0 Å². The van der Waals surface area contributed by atoms with Gasteiger partial charge in [0.25, 0.3) is 5.91 Å². The van der Waals surface area contributed by atoms with E-state index in [0.717, 1.165) is 16.9 Å². The van der Waals surface area contributed by atoms with Crippen LogP contribution in [0, 0.1) is 11.6 Å².